The second kappa shape index (κ2) is 5.83. The normalized spacial score (nSPS) is 12.1. The largest absolute Gasteiger partial charge is 0.348 e. The number of hydrogen-bond acceptors (Lipinski definition) is 2. The highest BCUT2D eigenvalue weighted by atomic mass is 32.1. The van der Waals surface area contributed by atoms with Gasteiger partial charge in [-0.25, -0.2) is 0 Å². The van der Waals surface area contributed by atoms with E-state index < -0.39 is 0 Å². The third-order valence-electron chi connectivity index (χ3n) is 2.88. The van der Waals surface area contributed by atoms with Crippen molar-refractivity contribution in [1.82, 2.24) is 5.32 Å². The van der Waals surface area contributed by atoms with E-state index in [4.69, 9.17) is 0 Å². The Morgan fingerprint density at radius 3 is 2.56 bits per heavy atom. The molecule has 0 radical (unpaired) electrons. The second-order valence-electron chi connectivity index (χ2n) is 4.41. The van der Waals surface area contributed by atoms with E-state index in [-0.39, 0.29) is 11.9 Å². The highest BCUT2D eigenvalue weighted by molar-refractivity contribution is 7.10. The predicted molar refractivity (Wildman–Crippen MR) is 75.8 cm³/mol. The molecule has 1 heterocycles. The van der Waals surface area contributed by atoms with Gasteiger partial charge in [0, 0.05) is 11.8 Å². The van der Waals surface area contributed by atoms with E-state index in [1.54, 1.807) is 18.3 Å². The summed E-state index contributed by atoms with van der Waals surface area (Å²) in [4.78, 5) is 12.6. The molecule has 1 aromatic carbocycles. The van der Waals surface area contributed by atoms with Gasteiger partial charge in [-0.15, -0.1) is 11.3 Å². The summed E-state index contributed by atoms with van der Waals surface area (Å²) in [6.07, 6.45) is 0.835. The number of carbonyl (C=O) groups is 1. The van der Waals surface area contributed by atoms with Crippen molar-refractivity contribution >= 4 is 17.2 Å². The van der Waals surface area contributed by atoms with Crippen molar-refractivity contribution in [3.05, 3.63) is 57.8 Å². The number of nitrogens with one attached hydrogen (secondary N) is 1. The Kier molecular flexibility index (Phi) is 4.15. The van der Waals surface area contributed by atoms with Crippen molar-refractivity contribution in [3.63, 3.8) is 0 Å². The Balaban J connectivity index is 2.21. The Hall–Kier alpha value is -1.61. The Labute approximate surface area is 112 Å². The minimum Gasteiger partial charge on any atom is -0.348 e. The van der Waals surface area contributed by atoms with Crippen molar-refractivity contribution in [2.75, 3.05) is 0 Å². The van der Waals surface area contributed by atoms with E-state index in [0.29, 0.717) is 0 Å². The maximum absolute atomic E-state index is 11.3. The molecular weight excluding hydrogens is 242 g/mol. The number of benzene rings is 1. The summed E-state index contributed by atoms with van der Waals surface area (Å²) in [7, 11) is 0. The molecule has 1 atom stereocenters. The summed E-state index contributed by atoms with van der Waals surface area (Å²) in [5, 5.41) is 5.12. The molecule has 94 valence electrons. The van der Waals surface area contributed by atoms with Crippen LogP contribution in [0.15, 0.2) is 41.8 Å². The zero-order valence-corrected chi connectivity index (χ0v) is 11.5. The molecule has 0 saturated heterocycles. The summed E-state index contributed by atoms with van der Waals surface area (Å²) >= 11 is 1.70. The maximum Gasteiger partial charge on any atom is 0.217 e. The monoisotopic (exact) mass is 259 g/mol. The zero-order valence-electron chi connectivity index (χ0n) is 10.6. The number of hydrogen-bond donors (Lipinski definition) is 1. The van der Waals surface area contributed by atoms with E-state index in [9.17, 15) is 4.79 Å². The van der Waals surface area contributed by atoms with E-state index in [2.05, 4.69) is 35.8 Å². The summed E-state index contributed by atoms with van der Waals surface area (Å²) < 4.78 is 0. The van der Waals surface area contributed by atoms with E-state index in [1.807, 2.05) is 18.2 Å². The highest BCUT2D eigenvalue weighted by Gasteiger charge is 2.16. The molecule has 2 rings (SSSR count). The minimum absolute atomic E-state index is 0.0173. The molecule has 0 fully saturated rings. The SMILES string of the molecule is CC(=O)NC(Cc1ccccc1)c1sccc1C. The summed E-state index contributed by atoms with van der Waals surface area (Å²) in [5.74, 6) is 0.0173. The van der Waals surface area contributed by atoms with Crippen molar-refractivity contribution in [2.45, 2.75) is 26.3 Å². The maximum atomic E-state index is 11.3. The molecule has 1 amide bonds. The van der Waals surface area contributed by atoms with Crippen LogP contribution < -0.4 is 5.32 Å². The van der Waals surface area contributed by atoms with Crippen LogP contribution in [0.25, 0.3) is 0 Å². The molecule has 1 unspecified atom stereocenters. The van der Waals surface area contributed by atoms with Gasteiger partial charge in [-0.3, -0.25) is 4.79 Å². The lowest BCUT2D eigenvalue weighted by molar-refractivity contribution is -0.119. The molecule has 0 aliphatic heterocycles. The van der Waals surface area contributed by atoms with Crippen LogP contribution in [0.3, 0.4) is 0 Å². The Bertz CT molecular complexity index is 518. The topological polar surface area (TPSA) is 29.1 Å². The molecule has 2 aromatic rings. The van der Waals surface area contributed by atoms with Crippen LogP contribution in [0.2, 0.25) is 0 Å². The molecule has 18 heavy (non-hydrogen) atoms. The number of amides is 1. The van der Waals surface area contributed by atoms with Gasteiger partial charge in [0.25, 0.3) is 0 Å². The molecule has 0 bridgehead atoms. The molecule has 0 spiro atoms. The van der Waals surface area contributed by atoms with Crippen LogP contribution in [0.5, 0.6) is 0 Å². The van der Waals surface area contributed by atoms with Crippen LogP contribution in [-0.2, 0) is 11.2 Å². The highest BCUT2D eigenvalue weighted by Crippen LogP contribution is 2.26. The standard InChI is InChI=1S/C15H17NOS/c1-11-8-9-18-15(11)14(16-12(2)17)10-13-6-4-3-5-7-13/h3-9,14H,10H2,1-2H3,(H,16,17). The van der Waals surface area contributed by atoms with Gasteiger partial charge in [0.2, 0.25) is 5.91 Å². The van der Waals surface area contributed by atoms with E-state index in [0.717, 1.165) is 6.42 Å². The Morgan fingerprint density at radius 2 is 2.00 bits per heavy atom. The third-order valence-corrected chi connectivity index (χ3v) is 4.01. The number of thiophene rings is 1. The molecule has 0 aliphatic carbocycles. The van der Waals surface area contributed by atoms with Crippen LogP contribution in [-0.4, -0.2) is 5.91 Å². The van der Waals surface area contributed by atoms with Crippen LogP contribution >= 0.6 is 11.3 Å². The molecule has 1 N–H and O–H groups in total. The molecular formula is C15H17NOS. The molecule has 1 aromatic heterocycles. The summed E-state index contributed by atoms with van der Waals surface area (Å²) in [6.45, 7) is 3.66. The average Bonchev–Trinajstić information content (AvgIpc) is 2.75. The van der Waals surface area contributed by atoms with E-state index in [1.165, 1.54) is 16.0 Å². The lowest BCUT2D eigenvalue weighted by atomic mass is 10.0. The van der Waals surface area contributed by atoms with Gasteiger partial charge < -0.3 is 5.32 Å². The van der Waals surface area contributed by atoms with Gasteiger partial charge in [0.15, 0.2) is 0 Å². The first-order valence-corrected chi connectivity index (χ1v) is 6.90. The van der Waals surface area contributed by atoms with Crippen LogP contribution in [0.1, 0.15) is 29.0 Å². The van der Waals surface area contributed by atoms with Crippen molar-refractivity contribution in [1.29, 1.82) is 0 Å². The van der Waals surface area contributed by atoms with Crippen LogP contribution in [0.4, 0.5) is 0 Å². The van der Waals surface area contributed by atoms with Gasteiger partial charge in [0.1, 0.15) is 0 Å². The van der Waals surface area contributed by atoms with Crippen molar-refractivity contribution < 1.29 is 4.79 Å². The summed E-state index contributed by atoms with van der Waals surface area (Å²) in [5.41, 5.74) is 2.48. The van der Waals surface area contributed by atoms with Gasteiger partial charge in [0.05, 0.1) is 6.04 Å². The number of rotatable bonds is 4. The third kappa shape index (κ3) is 3.20. The summed E-state index contributed by atoms with van der Waals surface area (Å²) in [6, 6.07) is 12.4. The van der Waals surface area contributed by atoms with E-state index >= 15 is 0 Å². The average molecular weight is 259 g/mol. The molecule has 2 nitrogen and oxygen atoms in total. The minimum atomic E-state index is 0.0173. The van der Waals surface area contributed by atoms with Crippen LogP contribution in [0, 0.1) is 6.92 Å². The van der Waals surface area contributed by atoms with Gasteiger partial charge in [-0.2, -0.15) is 0 Å². The fourth-order valence-electron chi connectivity index (χ4n) is 2.05. The van der Waals surface area contributed by atoms with Crippen molar-refractivity contribution in [3.8, 4) is 0 Å². The van der Waals surface area contributed by atoms with Crippen molar-refractivity contribution in [2.24, 2.45) is 0 Å². The fraction of sp³-hybridized carbons (Fsp3) is 0.267. The molecule has 3 heteroatoms. The van der Waals surface area contributed by atoms with Gasteiger partial charge >= 0.3 is 0 Å². The number of carbonyl (C=O) groups excluding carboxylic acids is 1. The predicted octanol–water partition coefficient (Wildman–Crippen LogP) is 3.48. The first kappa shape index (κ1) is 12.8. The first-order valence-electron chi connectivity index (χ1n) is 6.02. The lowest BCUT2D eigenvalue weighted by Crippen LogP contribution is -2.27. The second-order valence-corrected chi connectivity index (χ2v) is 5.36. The lowest BCUT2D eigenvalue weighted by Gasteiger charge is -2.17. The van der Waals surface area contributed by atoms with Gasteiger partial charge in [-0.1, -0.05) is 30.3 Å². The molecule has 0 saturated carbocycles. The smallest absolute Gasteiger partial charge is 0.217 e. The van der Waals surface area contributed by atoms with Gasteiger partial charge in [-0.05, 0) is 35.9 Å². The quantitative estimate of drug-likeness (QED) is 0.895. The zero-order chi connectivity index (χ0) is 13.0. The number of aryl methyl sites for hydroxylation is 1. The fourth-order valence-corrected chi connectivity index (χ4v) is 3.03. The Morgan fingerprint density at radius 1 is 1.28 bits per heavy atom. The first-order chi connectivity index (χ1) is 8.66. The molecule has 0 aliphatic rings.